The summed E-state index contributed by atoms with van der Waals surface area (Å²) in [5.74, 6) is -1.79. The Balaban J connectivity index is 3.40. The van der Waals surface area contributed by atoms with E-state index in [1.807, 2.05) is 13.8 Å². The van der Waals surface area contributed by atoms with Crippen molar-refractivity contribution in [2.45, 2.75) is 45.7 Å². The molecule has 8 heteroatoms. The first kappa shape index (κ1) is 21.7. The summed E-state index contributed by atoms with van der Waals surface area (Å²) in [7, 11) is 1.42. The van der Waals surface area contributed by atoms with Gasteiger partial charge in [-0.05, 0) is 56.7 Å². The number of anilines is 1. The summed E-state index contributed by atoms with van der Waals surface area (Å²) >= 11 is 4.77. The molecular formula is C18H24FN3O3S. The first-order chi connectivity index (χ1) is 12.3. The highest BCUT2D eigenvalue weighted by Gasteiger charge is 2.32. The van der Waals surface area contributed by atoms with Crippen molar-refractivity contribution in [1.29, 1.82) is 0 Å². The van der Waals surface area contributed by atoms with Crippen LogP contribution in [0.3, 0.4) is 0 Å². The highest BCUT2D eigenvalue weighted by molar-refractivity contribution is 7.78. The third kappa shape index (κ3) is 5.08. The number of hydrogen-bond acceptors (Lipinski definition) is 5. The van der Waals surface area contributed by atoms with Crippen LogP contribution in [0.4, 0.5) is 10.1 Å². The lowest BCUT2D eigenvalue weighted by molar-refractivity contribution is -0.130. The van der Waals surface area contributed by atoms with Gasteiger partial charge in [-0.1, -0.05) is 12.2 Å². The molecule has 0 saturated heterocycles. The van der Waals surface area contributed by atoms with Crippen LogP contribution in [0.2, 0.25) is 0 Å². The summed E-state index contributed by atoms with van der Waals surface area (Å²) in [5.41, 5.74) is 0.543. The van der Waals surface area contributed by atoms with Crippen molar-refractivity contribution in [2.75, 3.05) is 12.4 Å². The highest BCUT2D eigenvalue weighted by Crippen LogP contribution is 2.25. The fourth-order valence-electron chi connectivity index (χ4n) is 2.57. The van der Waals surface area contributed by atoms with Gasteiger partial charge in [-0.3, -0.25) is 19.3 Å². The quantitative estimate of drug-likeness (QED) is 0.507. The van der Waals surface area contributed by atoms with Crippen molar-refractivity contribution in [1.82, 2.24) is 10.2 Å². The molecule has 1 aromatic carbocycles. The number of thiocarbonyl (C=S) groups is 1. The minimum atomic E-state index is -1.03. The Labute approximate surface area is 158 Å². The fraction of sp³-hybridized carbons (Fsp3) is 0.444. The zero-order chi connectivity index (χ0) is 19.9. The van der Waals surface area contributed by atoms with Crippen molar-refractivity contribution in [3.05, 3.63) is 29.1 Å². The lowest BCUT2D eigenvalue weighted by atomic mass is 10.0. The van der Waals surface area contributed by atoms with Crippen LogP contribution < -0.4 is 10.6 Å². The predicted octanol–water partition coefficient (Wildman–Crippen LogP) is 2.45. The molecule has 142 valence electrons. The number of hydrogen-bond donors (Lipinski definition) is 2. The zero-order valence-electron chi connectivity index (χ0n) is 15.3. The van der Waals surface area contributed by atoms with Crippen LogP contribution in [0.5, 0.6) is 0 Å². The molecule has 1 unspecified atom stereocenters. The van der Waals surface area contributed by atoms with E-state index in [0.29, 0.717) is 18.5 Å². The van der Waals surface area contributed by atoms with E-state index >= 15 is 0 Å². The van der Waals surface area contributed by atoms with Crippen molar-refractivity contribution in [3.63, 3.8) is 0 Å². The van der Waals surface area contributed by atoms with E-state index in [-0.39, 0.29) is 23.6 Å². The molecule has 1 aromatic rings. The molecule has 1 rings (SSSR count). The average Bonchev–Trinajstić information content (AvgIpc) is 2.60. The Morgan fingerprint density at radius 3 is 2.50 bits per heavy atom. The normalized spacial score (nSPS) is 11.6. The second kappa shape index (κ2) is 9.96. The van der Waals surface area contributed by atoms with Gasteiger partial charge in [0, 0.05) is 18.8 Å². The van der Waals surface area contributed by atoms with E-state index in [1.54, 1.807) is 0 Å². The standard InChI is InChI=1S/C18H24FN3O3S/c1-11(2)21-14-8-7-13(19)12(3)16(14)18(25)22(10-23)15(6-5-9-26)17(24)20-4/h7-11,15,21H,5-6H2,1-4H3,(H,20,24). The van der Waals surface area contributed by atoms with E-state index in [9.17, 15) is 18.8 Å². The molecule has 0 heterocycles. The Morgan fingerprint density at radius 1 is 1.35 bits per heavy atom. The molecular weight excluding hydrogens is 357 g/mol. The largest absolute Gasteiger partial charge is 0.382 e. The number of rotatable bonds is 9. The number of carbonyl (C=O) groups excluding carboxylic acids is 3. The molecule has 3 amide bonds. The maximum Gasteiger partial charge on any atom is 0.263 e. The molecule has 0 saturated carbocycles. The minimum Gasteiger partial charge on any atom is -0.382 e. The molecule has 26 heavy (non-hydrogen) atoms. The average molecular weight is 381 g/mol. The van der Waals surface area contributed by atoms with Gasteiger partial charge in [-0.2, -0.15) is 0 Å². The summed E-state index contributed by atoms with van der Waals surface area (Å²) in [4.78, 5) is 37.7. The van der Waals surface area contributed by atoms with Crippen molar-refractivity contribution >= 4 is 41.5 Å². The summed E-state index contributed by atoms with van der Waals surface area (Å²) in [6.07, 6.45) is 0.856. The lowest BCUT2D eigenvalue weighted by Crippen LogP contribution is -2.48. The van der Waals surface area contributed by atoms with E-state index < -0.39 is 23.7 Å². The van der Waals surface area contributed by atoms with Crippen LogP contribution in [-0.2, 0) is 9.59 Å². The number of halogens is 1. The SMILES string of the molecule is CNC(=O)C(CCC=S)N(C=O)C(=O)c1c(NC(C)C)ccc(F)c1C. The number of nitrogens with one attached hydrogen (secondary N) is 2. The second-order valence-electron chi connectivity index (χ2n) is 6.09. The van der Waals surface area contributed by atoms with E-state index in [1.165, 1.54) is 31.5 Å². The van der Waals surface area contributed by atoms with Gasteiger partial charge in [0.2, 0.25) is 12.3 Å². The molecule has 1 atom stereocenters. The van der Waals surface area contributed by atoms with Gasteiger partial charge in [0.05, 0.1) is 5.56 Å². The molecule has 0 fully saturated rings. The summed E-state index contributed by atoms with van der Waals surface area (Å²) < 4.78 is 14.1. The van der Waals surface area contributed by atoms with Gasteiger partial charge in [-0.25, -0.2) is 4.39 Å². The van der Waals surface area contributed by atoms with Crippen molar-refractivity contribution in [2.24, 2.45) is 0 Å². The van der Waals surface area contributed by atoms with Crippen LogP contribution in [0.1, 0.15) is 42.6 Å². The highest BCUT2D eigenvalue weighted by atomic mass is 32.1. The first-order valence-electron chi connectivity index (χ1n) is 8.27. The van der Waals surface area contributed by atoms with Gasteiger partial charge in [0.25, 0.3) is 5.91 Å². The number of imide groups is 1. The summed E-state index contributed by atoms with van der Waals surface area (Å²) in [6.45, 7) is 5.21. The van der Waals surface area contributed by atoms with Gasteiger partial charge in [0.15, 0.2) is 0 Å². The van der Waals surface area contributed by atoms with Crippen LogP contribution >= 0.6 is 12.2 Å². The van der Waals surface area contributed by atoms with Gasteiger partial charge in [0.1, 0.15) is 11.9 Å². The molecule has 0 aliphatic rings. The smallest absolute Gasteiger partial charge is 0.263 e. The maximum atomic E-state index is 14.1. The van der Waals surface area contributed by atoms with Crippen LogP contribution in [0.25, 0.3) is 0 Å². The minimum absolute atomic E-state index is 0.0133. The van der Waals surface area contributed by atoms with Gasteiger partial charge in [-0.15, -0.1) is 0 Å². The molecule has 2 N–H and O–H groups in total. The Kier molecular flexibility index (Phi) is 8.31. The number of amides is 3. The maximum absolute atomic E-state index is 14.1. The number of carbonyl (C=O) groups is 3. The Hall–Kier alpha value is -2.35. The van der Waals surface area contributed by atoms with E-state index in [2.05, 4.69) is 10.6 Å². The molecule has 0 aliphatic carbocycles. The first-order valence-corrected chi connectivity index (χ1v) is 8.74. The number of likely N-dealkylation sites (N-methyl/N-ethyl adjacent to an activating group) is 1. The Morgan fingerprint density at radius 2 is 2.00 bits per heavy atom. The zero-order valence-corrected chi connectivity index (χ0v) is 16.2. The summed E-state index contributed by atoms with van der Waals surface area (Å²) in [5, 5.41) is 6.94. The molecule has 0 aliphatic heterocycles. The summed E-state index contributed by atoms with van der Waals surface area (Å²) in [6, 6.07) is 1.66. The number of nitrogens with zero attached hydrogens (tertiary/aromatic N) is 1. The van der Waals surface area contributed by atoms with E-state index in [4.69, 9.17) is 12.2 Å². The van der Waals surface area contributed by atoms with Crippen LogP contribution in [-0.4, -0.2) is 47.6 Å². The van der Waals surface area contributed by atoms with E-state index in [0.717, 1.165) is 4.90 Å². The molecule has 6 nitrogen and oxygen atoms in total. The second-order valence-corrected chi connectivity index (χ2v) is 6.42. The van der Waals surface area contributed by atoms with Crippen LogP contribution in [0.15, 0.2) is 12.1 Å². The van der Waals surface area contributed by atoms with Crippen molar-refractivity contribution < 1.29 is 18.8 Å². The topological polar surface area (TPSA) is 78.5 Å². The molecule has 0 radical (unpaired) electrons. The monoisotopic (exact) mass is 381 g/mol. The predicted molar refractivity (Wildman–Crippen MR) is 103 cm³/mol. The number of benzene rings is 1. The molecule has 0 bridgehead atoms. The van der Waals surface area contributed by atoms with Crippen LogP contribution in [0, 0.1) is 12.7 Å². The van der Waals surface area contributed by atoms with Gasteiger partial charge < -0.3 is 10.6 Å². The van der Waals surface area contributed by atoms with Crippen molar-refractivity contribution in [3.8, 4) is 0 Å². The third-order valence-corrected chi connectivity index (χ3v) is 4.08. The fourth-order valence-corrected chi connectivity index (χ4v) is 2.71. The molecule has 0 aromatic heterocycles. The lowest BCUT2D eigenvalue weighted by Gasteiger charge is -2.27. The Bertz CT molecular complexity index is 695. The molecule has 0 spiro atoms. The van der Waals surface area contributed by atoms with Gasteiger partial charge >= 0.3 is 0 Å². The third-order valence-electron chi connectivity index (χ3n) is 3.85.